The van der Waals surface area contributed by atoms with Crippen molar-refractivity contribution in [3.8, 4) is 0 Å². The molecule has 0 aliphatic carbocycles. The summed E-state index contributed by atoms with van der Waals surface area (Å²) in [4.78, 5) is 28.0. The number of rotatable bonds is 5. The van der Waals surface area contributed by atoms with Crippen LogP contribution in [-0.2, 0) is 9.59 Å². The lowest BCUT2D eigenvalue weighted by Crippen LogP contribution is -2.32. The summed E-state index contributed by atoms with van der Waals surface area (Å²) in [6.07, 6.45) is 0. The molecule has 0 saturated heterocycles. The van der Waals surface area contributed by atoms with Crippen LogP contribution in [0.5, 0.6) is 0 Å². The third-order valence-electron chi connectivity index (χ3n) is 5.36. The highest BCUT2D eigenvalue weighted by Gasteiger charge is 2.40. The number of nitrogens with one attached hydrogen (secondary N) is 1. The average Bonchev–Trinajstić information content (AvgIpc) is 3.00. The molecule has 0 radical (unpaired) electrons. The largest absolute Gasteiger partial charge is 0.350 e. The van der Waals surface area contributed by atoms with E-state index in [0.717, 1.165) is 11.1 Å². The number of hydrogen-bond acceptors (Lipinski definition) is 3. The topological polar surface area (TPSA) is 49.4 Å². The Hall–Kier alpha value is -3.73. The van der Waals surface area contributed by atoms with Gasteiger partial charge in [0.1, 0.15) is 11.5 Å². The fourth-order valence-electron chi connectivity index (χ4n) is 3.55. The number of hydrogen-bond donors (Lipinski definition) is 1. The van der Waals surface area contributed by atoms with E-state index < -0.39 is 11.8 Å². The van der Waals surface area contributed by atoms with Crippen molar-refractivity contribution < 1.29 is 14.0 Å². The number of halogens is 1. The Morgan fingerprint density at radius 3 is 2.00 bits per heavy atom. The van der Waals surface area contributed by atoms with Gasteiger partial charge >= 0.3 is 0 Å². The minimum Gasteiger partial charge on any atom is -0.350 e. The predicted octanol–water partition coefficient (Wildman–Crippen LogP) is 5.65. The van der Waals surface area contributed by atoms with Crippen LogP contribution < -0.4 is 10.2 Å². The van der Waals surface area contributed by atoms with E-state index in [1.807, 2.05) is 43.3 Å². The second-order valence-corrected chi connectivity index (χ2v) is 7.94. The van der Waals surface area contributed by atoms with Crippen LogP contribution in [0.15, 0.2) is 78.5 Å². The average molecular weight is 414 g/mol. The number of aryl methyl sites for hydroxylation is 1. The number of carbonyl (C=O) groups excluding carboxylic acids is 2. The monoisotopic (exact) mass is 414 g/mol. The number of nitrogens with zero attached hydrogens (tertiary/aromatic N) is 1. The van der Waals surface area contributed by atoms with E-state index >= 15 is 0 Å². The van der Waals surface area contributed by atoms with E-state index in [1.54, 1.807) is 12.1 Å². The molecule has 4 rings (SSSR count). The van der Waals surface area contributed by atoms with Gasteiger partial charge in [-0.1, -0.05) is 55.8 Å². The molecule has 0 spiro atoms. The molecular weight excluding hydrogens is 391 g/mol. The molecule has 5 heteroatoms. The van der Waals surface area contributed by atoms with Crippen LogP contribution in [0.3, 0.4) is 0 Å². The number of amides is 2. The van der Waals surface area contributed by atoms with Crippen molar-refractivity contribution in [1.29, 1.82) is 0 Å². The number of carbonyl (C=O) groups is 2. The van der Waals surface area contributed by atoms with Crippen LogP contribution in [0.25, 0.3) is 5.57 Å². The van der Waals surface area contributed by atoms with Crippen molar-refractivity contribution in [2.75, 3.05) is 10.2 Å². The molecule has 3 aromatic rings. The van der Waals surface area contributed by atoms with Crippen molar-refractivity contribution in [2.45, 2.75) is 26.7 Å². The first-order valence-corrected chi connectivity index (χ1v) is 10.2. The summed E-state index contributed by atoms with van der Waals surface area (Å²) in [5, 5.41) is 3.04. The van der Waals surface area contributed by atoms with Gasteiger partial charge in [0.25, 0.3) is 11.8 Å². The number of anilines is 2. The smallest absolute Gasteiger partial charge is 0.282 e. The molecule has 0 unspecified atom stereocenters. The van der Waals surface area contributed by atoms with Gasteiger partial charge in [-0.15, -0.1) is 0 Å². The van der Waals surface area contributed by atoms with Crippen LogP contribution in [0, 0.1) is 12.7 Å². The molecule has 1 aliphatic heterocycles. The Morgan fingerprint density at radius 2 is 1.42 bits per heavy atom. The summed E-state index contributed by atoms with van der Waals surface area (Å²) in [7, 11) is 0. The minimum absolute atomic E-state index is 0.174. The summed E-state index contributed by atoms with van der Waals surface area (Å²) >= 11 is 0. The molecule has 156 valence electrons. The van der Waals surface area contributed by atoms with Gasteiger partial charge in [-0.3, -0.25) is 9.59 Å². The molecule has 3 aromatic carbocycles. The zero-order valence-electron chi connectivity index (χ0n) is 17.6. The van der Waals surface area contributed by atoms with Gasteiger partial charge in [0.05, 0.1) is 11.3 Å². The quantitative estimate of drug-likeness (QED) is 0.549. The molecule has 2 amide bonds. The first kappa shape index (κ1) is 20.5. The zero-order chi connectivity index (χ0) is 22.1. The Kier molecular flexibility index (Phi) is 5.42. The molecule has 1 aliphatic rings. The Bertz CT molecular complexity index is 1160. The summed E-state index contributed by atoms with van der Waals surface area (Å²) in [6.45, 7) is 6.13. The SMILES string of the molecule is Cc1ccc(C2=C(Nc3ccc(F)cc3)C(=O)N(c3ccc(C(C)C)cc3)C2=O)cc1. The van der Waals surface area contributed by atoms with Gasteiger partial charge in [-0.05, 0) is 60.4 Å². The van der Waals surface area contributed by atoms with E-state index in [0.29, 0.717) is 28.4 Å². The second kappa shape index (κ2) is 8.19. The van der Waals surface area contributed by atoms with Crippen LogP contribution in [-0.4, -0.2) is 11.8 Å². The molecule has 0 fully saturated rings. The molecule has 0 atom stereocenters. The predicted molar refractivity (Wildman–Crippen MR) is 121 cm³/mol. The standard InChI is InChI=1S/C26H23FN2O2/c1-16(2)18-8-14-22(15-9-18)29-25(30)23(19-6-4-17(3)5-7-19)24(26(29)31)28-21-12-10-20(27)11-13-21/h4-16,28H,1-3H3. The fourth-order valence-corrected chi connectivity index (χ4v) is 3.55. The molecule has 0 saturated carbocycles. The van der Waals surface area contributed by atoms with Gasteiger partial charge < -0.3 is 5.32 Å². The summed E-state index contributed by atoms with van der Waals surface area (Å²) in [5.41, 5.74) is 4.33. The van der Waals surface area contributed by atoms with Crippen LogP contribution >= 0.6 is 0 Å². The van der Waals surface area contributed by atoms with Gasteiger partial charge in [0.15, 0.2) is 0 Å². The van der Waals surface area contributed by atoms with Gasteiger partial charge in [-0.25, -0.2) is 9.29 Å². The Labute approximate surface area is 181 Å². The Morgan fingerprint density at radius 1 is 0.806 bits per heavy atom. The van der Waals surface area contributed by atoms with E-state index in [2.05, 4.69) is 19.2 Å². The van der Waals surface area contributed by atoms with E-state index in [9.17, 15) is 14.0 Å². The lowest BCUT2D eigenvalue weighted by Gasteiger charge is -2.16. The first-order chi connectivity index (χ1) is 14.8. The third kappa shape index (κ3) is 3.99. The Balaban J connectivity index is 1.77. The highest BCUT2D eigenvalue weighted by atomic mass is 19.1. The highest BCUT2D eigenvalue weighted by Crippen LogP contribution is 2.34. The lowest BCUT2D eigenvalue weighted by molar-refractivity contribution is -0.120. The van der Waals surface area contributed by atoms with Gasteiger partial charge in [-0.2, -0.15) is 0 Å². The maximum Gasteiger partial charge on any atom is 0.282 e. The lowest BCUT2D eigenvalue weighted by atomic mass is 10.0. The van der Waals surface area contributed by atoms with Gasteiger partial charge in [0.2, 0.25) is 0 Å². The number of benzene rings is 3. The van der Waals surface area contributed by atoms with E-state index in [-0.39, 0.29) is 11.5 Å². The highest BCUT2D eigenvalue weighted by molar-refractivity contribution is 6.46. The number of imide groups is 1. The molecule has 4 nitrogen and oxygen atoms in total. The van der Waals surface area contributed by atoms with Crippen LogP contribution in [0.1, 0.15) is 36.5 Å². The fraction of sp³-hybridized carbons (Fsp3) is 0.154. The van der Waals surface area contributed by atoms with Crippen molar-refractivity contribution in [3.05, 3.63) is 101 Å². The van der Waals surface area contributed by atoms with Crippen molar-refractivity contribution in [3.63, 3.8) is 0 Å². The summed E-state index contributed by atoms with van der Waals surface area (Å²) in [5.74, 6) is -0.868. The van der Waals surface area contributed by atoms with Crippen molar-refractivity contribution in [2.24, 2.45) is 0 Å². The maximum absolute atomic E-state index is 13.4. The van der Waals surface area contributed by atoms with Crippen LogP contribution in [0.2, 0.25) is 0 Å². The molecule has 0 aromatic heterocycles. The normalized spacial score (nSPS) is 14.0. The summed E-state index contributed by atoms with van der Waals surface area (Å²) in [6, 6.07) is 20.6. The first-order valence-electron chi connectivity index (χ1n) is 10.2. The van der Waals surface area contributed by atoms with E-state index in [4.69, 9.17) is 0 Å². The van der Waals surface area contributed by atoms with E-state index in [1.165, 1.54) is 29.2 Å². The van der Waals surface area contributed by atoms with Crippen molar-refractivity contribution >= 4 is 28.8 Å². The molecule has 31 heavy (non-hydrogen) atoms. The second-order valence-electron chi connectivity index (χ2n) is 7.94. The molecular formula is C26H23FN2O2. The minimum atomic E-state index is -0.442. The summed E-state index contributed by atoms with van der Waals surface area (Å²) < 4.78 is 13.3. The molecule has 1 N–H and O–H groups in total. The van der Waals surface area contributed by atoms with Gasteiger partial charge in [0, 0.05) is 5.69 Å². The van der Waals surface area contributed by atoms with Crippen LogP contribution in [0.4, 0.5) is 15.8 Å². The third-order valence-corrected chi connectivity index (χ3v) is 5.36. The molecule has 1 heterocycles. The van der Waals surface area contributed by atoms with Crippen molar-refractivity contribution in [1.82, 2.24) is 0 Å². The maximum atomic E-state index is 13.4. The zero-order valence-corrected chi connectivity index (χ0v) is 17.6. The molecule has 0 bridgehead atoms.